The molecule has 0 saturated heterocycles. The summed E-state index contributed by atoms with van der Waals surface area (Å²) in [6.45, 7) is 4.62. The van der Waals surface area contributed by atoms with E-state index in [1.54, 1.807) is 22.0 Å². The molecule has 0 amide bonds. The van der Waals surface area contributed by atoms with Crippen molar-refractivity contribution in [2.45, 2.75) is 26.8 Å². The molecule has 0 radical (unpaired) electrons. The number of rotatable bonds is 1. The molecule has 0 saturated carbocycles. The number of fused-ring (bicyclic) bond motifs is 2. The number of halogens is 1. The van der Waals surface area contributed by atoms with E-state index in [-0.39, 0.29) is 11.4 Å². The smallest absolute Gasteiger partial charge is 0.262 e. The fraction of sp³-hybridized carbons (Fsp3) is 0.222. The summed E-state index contributed by atoms with van der Waals surface area (Å²) in [6.07, 6.45) is 2.67. The van der Waals surface area contributed by atoms with Gasteiger partial charge < -0.3 is 0 Å². The third-order valence-electron chi connectivity index (χ3n) is 4.37. The van der Waals surface area contributed by atoms with Crippen molar-refractivity contribution in [1.82, 2.24) is 9.55 Å². The minimum Gasteiger partial charge on any atom is -0.292 e. The highest BCUT2D eigenvalue weighted by Gasteiger charge is 2.23. The van der Waals surface area contributed by atoms with Crippen LogP contribution in [0.15, 0.2) is 29.1 Å². The van der Waals surface area contributed by atoms with Crippen molar-refractivity contribution in [2.24, 2.45) is 0 Å². The van der Waals surface area contributed by atoms with Gasteiger partial charge in [0.05, 0.1) is 5.39 Å². The Balaban J connectivity index is 1.92. The molecule has 3 heterocycles. The molecular weight excluding hydrogens is 311 g/mol. The van der Waals surface area contributed by atoms with Crippen LogP contribution in [-0.4, -0.2) is 9.55 Å². The molecule has 1 aliphatic rings. The van der Waals surface area contributed by atoms with Crippen molar-refractivity contribution >= 4 is 33.2 Å². The minimum absolute atomic E-state index is 0.0366. The number of hydrogen-bond donors (Lipinski definition) is 0. The van der Waals surface area contributed by atoms with Gasteiger partial charge in [-0.05, 0) is 55.2 Å². The molecule has 3 aromatic rings. The zero-order valence-corrected chi connectivity index (χ0v) is 13.7. The molecule has 5 heteroatoms. The molecule has 1 aromatic carbocycles. The molecule has 23 heavy (non-hydrogen) atoms. The van der Waals surface area contributed by atoms with Crippen LogP contribution in [0.4, 0.5) is 4.39 Å². The number of hydrogen-bond acceptors (Lipinski definition) is 3. The third kappa shape index (κ3) is 2.23. The second-order valence-corrected chi connectivity index (χ2v) is 7.03. The van der Waals surface area contributed by atoms with Crippen LogP contribution in [0.5, 0.6) is 0 Å². The second-order valence-electron chi connectivity index (χ2n) is 5.83. The van der Waals surface area contributed by atoms with Gasteiger partial charge in [0.25, 0.3) is 5.56 Å². The lowest BCUT2D eigenvalue weighted by Gasteiger charge is -2.03. The second kappa shape index (κ2) is 5.13. The highest BCUT2D eigenvalue weighted by atomic mass is 32.1. The van der Waals surface area contributed by atoms with Crippen LogP contribution in [0, 0.1) is 19.7 Å². The van der Waals surface area contributed by atoms with E-state index in [9.17, 15) is 9.18 Å². The number of aromatic nitrogens is 2. The first kappa shape index (κ1) is 14.3. The van der Waals surface area contributed by atoms with Gasteiger partial charge in [0.15, 0.2) is 0 Å². The van der Waals surface area contributed by atoms with Gasteiger partial charge in [-0.25, -0.2) is 9.37 Å². The Labute approximate surface area is 136 Å². The van der Waals surface area contributed by atoms with Crippen LogP contribution in [-0.2, 0) is 6.54 Å². The molecule has 116 valence electrons. The Hall–Kier alpha value is -2.27. The summed E-state index contributed by atoms with van der Waals surface area (Å²) in [5.74, 6) is 0.454. The number of benzene rings is 1. The lowest BCUT2D eigenvalue weighted by atomic mass is 10.1. The van der Waals surface area contributed by atoms with Gasteiger partial charge in [-0.1, -0.05) is 12.1 Å². The highest BCUT2D eigenvalue weighted by molar-refractivity contribution is 7.18. The van der Waals surface area contributed by atoms with Crippen LogP contribution in [0.2, 0.25) is 0 Å². The summed E-state index contributed by atoms with van der Waals surface area (Å²) < 4.78 is 15.1. The van der Waals surface area contributed by atoms with Crippen LogP contribution < -0.4 is 5.56 Å². The van der Waals surface area contributed by atoms with Gasteiger partial charge in [0.2, 0.25) is 0 Å². The van der Waals surface area contributed by atoms with Gasteiger partial charge in [-0.3, -0.25) is 9.36 Å². The maximum atomic E-state index is 13.4. The van der Waals surface area contributed by atoms with Gasteiger partial charge in [0, 0.05) is 11.4 Å². The first-order chi connectivity index (χ1) is 11.0. The molecule has 0 spiro atoms. The monoisotopic (exact) mass is 326 g/mol. The first-order valence-electron chi connectivity index (χ1n) is 7.51. The van der Waals surface area contributed by atoms with Crippen molar-refractivity contribution in [3.63, 3.8) is 0 Å². The topological polar surface area (TPSA) is 34.9 Å². The summed E-state index contributed by atoms with van der Waals surface area (Å²) in [7, 11) is 0. The van der Waals surface area contributed by atoms with Crippen molar-refractivity contribution in [2.75, 3.05) is 0 Å². The Kier molecular flexibility index (Phi) is 3.20. The van der Waals surface area contributed by atoms with E-state index in [0.29, 0.717) is 12.4 Å². The van der Waals surface area contributed by atoms with E-state index in [0.717, 1.165) is 38.2 Å². The summed E-state index contributed by atoms with van der Waals surface area (Å²) in [5, 5.41) is 0.739. The fourth-order valence-electron chi connectivity index (χ4n) is 3.06. The maximum absolute atomic E-state index is 13.4. The number of allylic oxidation sites excluding steroid dienone is 1. The molecule has 1 aliphatic heterocycles. The van der Waals surface area contributed by atoms with E-state index >= 15 is 0 Å². The van der Waals surface area contributed by atoms with Crippen molar-refractivity contribution in [3.05, 3.63) is 62.3 Å². The average molecular weight is 326 g/mol. The standard InChI is InChI=1S/C18H15FN2OS/c1-10-11(2)23-17-15(10)18(22)21-7-6-13(16(21)20-17)8-12-4-3-5-14(19)9-12/h3-5,8-9H,6-7H2,1-2H3. The molecular formula is C18H15FN2OS. The van der Waals surface area contributed by atoms with E-state index in [4.69, 9.17) is 4.98 Å². The van der Waals surface area contributed by atoms with E-state index in [1.807, 2.05) is 26.0 Å². The van der Waals surface area contributed by atoms with Crippen molar-refractivity contribution < 1.29 is 4.39 Å². The quantitative estimate of drug-likeness (QED) is 0.673. The predicted molar refractivity (Wildman–Crippen MR) is 92.2 cm³/mol. The van der Waals surface area contributed by atoms with Crippen LogP contribution in [0.3, 0.4) is 0 Å². The third-order valence-corrected chi connectivity index (χ3v) is 5.47. The molecule has 3 nitrogen and oxygen atoms in total. The van der Waals surface area contributed by atoms with Gasteiger partial charge >= 0.3 is 0 Å². The molecule has 0 atom stereocenters. The summed E-state index contributed by atoms with van der Waals surface area (Å²) in [4.78, 5) is 19.4. The number of aryl methyl sites for hydroxylation is 2. The average Bonchev–Trinajstić information content (AvgIpc) is 3.02. The zero-order chi connectivity index (χ0) is 16.1. The lowest BCUT2D eigenvalue weighted by molar-refractivity contribution is 0.627. The molecule has 2 aromatic heterocycles. The molecule has 4 rings (SSSR count). The van der Waals surface area contributed by atoms with Gasteiger partial charge in [-0.2, -0.15) is 0 Å². The largest absolute Gasteiger partial charge is 0.292 e. The SMILES string of the molecule is Cc1sc2nc3n(c(=O)c2c1C)CCC3=Cc1cccc(F)c1. The molecule has 0 aliphatic carbocycles. The zero-order valence-electron chi connectivity index (χ0n) is 12.9. The normalized spacial score (nSPS) is 15.5. The van der Waals surface area contributed by atoms with Crippen LogP contribution in [0.25, 0.3) is 21.9 Å². The Morgan fingerprint density at radius 3 is 2.96 bits per heavy atom. The Morgan fingerprint density at radius 1 is 1.35 bits per heavy atom. The highest BCUT2D eigenvalue weighted by Crippen LogP contribution is 2.31. The van der Waals surface area contributed by atoms with Crippen LogP contribution in [0.1, 0.15) is 28.2 Å². The molecule has 0 unspecified atom stereocenters. The molecule has 0 bridgehead atoms. The Bertz CT molecular complexity index is 1030. The molecule has 0 N–H and O–H groups in total. The summed E-state index contributed by atoms with van der Waals surface area (Å²) in [5.41, 5.74) is 2.84. The first-order valence-corrected chi connectivity index (χ1v) is 8.33. The fourth-order valence-corrected chi connectivity index (χ4v) is 4.08. The lowest BCUT2D eigenvalue weighted by Crippen LogP contribution is -2.20. The van der Waals surface area contributed by atoms with E-state index in [2.05, 4.69) is 0 Å². The van der Waals surface area contributed by atoms with Crippen molar-refractivity contribution in [3.8, 4) is 0 Å². The maximum Gasteiger partial charge on any atom is 0.262 e. The van der Waals surface area contributed by atoms with Crippen molar-refractivity contribution in [1.29, 1.82) is 0 Å². The Morgan fingerprint density at radius 2 is 2.17 bits per heavy atom. The summed E-state index contributed by atoms with van der Waals surface area (Å²) >= 11 is 1.56. The van der Waals surface area contributed by atoms with Gasteiger partial charge in [0.1, 0.15) is 16.5 Å². The number of thiophene rings is 1. The van der Waals surface area contributed by atoms with E-state index < -0.39 is 0 Å². The summed E-state index contributed by atoms with van der Waals surface area (Å²) in [6, 6.07) is 6.46. The predicted octanol–water partition coefficient (Wildman–Crippen LogP) is 4.16. The van der Waals surface area contributed by atoms with Crippen LogP contribution >= 0.6 is 11.3 Å². The number of nitrogens with zero attached hydrogens (tertiary/aromatic N) is 2. The van der Waals surface area contributed by atoms with E-state index in [1.165, 1.54) is 12.1 Å². The minimum atomic E-state index is -0.261. The van der Waals surface area contributed by atoms with Gasteiger partial charge in [-0.15, -0.1) is 11.3 Å². The molecule has 0 fully saturated rings.